The molecule has 0 bridgehead atoms. The Kier molecular flexibility index (Phi) is 11.9. The summed E-state index contributed by atoms with van der Waals surface area (Å²) in [5, 5.41) is 18.7. The van der Waals surface area contributed by atoms with Crippen LogP contribution in [0, 0.1) is 23.7 Å². The van der Waals surface area contributed by atoms with Gasteiger partial charge in [-0.3, -0.25) is 19.1 Å². The monoisotopic (exact) mass is 799 g/mol. The second kappa shape index (κ2) is 16.9. The van der Waals surface area contributed by atoms with Crippen molar-refractivity contribution in [3.8, 4) is 11.4 Å². The highest BCUT2D eigenvalue weighted by atomic mass is 32.2. The number of sulfonamides is 1. The number of ether oxygens (including phenoxy) is 1. The van der Waals surface area contributed by atoms with E-state index >= 15 is 0 Å². The molecule has 4 saturated carbocycles. The van der Waals surface area contributed by atoms with Crippen LogP contribution in [-0.4, -0.2) is 75.3 Å². The van der Waals surface area contributed by atoms with E-state index in [4.69, 9.17) is 9.84 Å². The Labute approximate surface area is 334 Å². The van der Waals surface area contributed by atoms with Crippen LogP contribution >= 0.6 is 0 Å². The summed E-state index contributed by atoms with van der Waals surface area (Å²) in [7, 11) is -3.88. The first-order valence-electron chi connectivity index (χ1n) is 20.3. The van der Waals surface area contributed by atoms with E-state index in [0.717, 1.165) is 49.7 Å². The number of allylic oxidation sites excluding steroid dienone is 1. The molecule has 15 heteroatoms. The number of hydrogen-bond acceptors (Lipinski definition) is 10. The van der Waals surface area contributed by atoms with Crippen molar-refractivity contribution in [3.63, 3.8) is 0 Å². The van der Waals surface area contributed by atoms with Gasteiger partial charge in [0, 0.05) is 17.4 Å². The fraction of sp³-hybridized carbons (Fsp3) is 0.548. The third-order valence-corrected chi connectivity index (χ3v) is 13.9. The molecule has 3 aromatic rings. The van der Waals surface area contributed by atoms with Gasteiger partial charge >= 0.3 is 6.09 Å². The Bertz CT molecular complexity index is 2080. The zero-order valence-corrected chi connectivity index (χ0v) is 33.5. The average Bonchev–Trinajstić information content (AvgIpc) is 3.94. The Balaban J connectivity index is 1.14. The Morgan fingerprint density at radius 3 is 2.37 bits per heavy atom. The molecule has 57 heavy (non-hydrogen) atoms. The molecule has 4 aliphatic carbocycles. The molecular formula is C42H53N7O7S. The summed E-state index contributed by atoms with van der Waals surface area (Å²) >= 11 is 0. The third kappa shape index (κ3) is 9.13. The molecule has 0 saturated heterocycles. The number of hydrogen-bond donors (Lipinski definition) is 3. The summed E-state index contributed by atoms with van der Waals surface area (Å²) in [4.78, 5) is 57.2. The van der Waals surface area contributed by atoms with Crippen LogP contribution in [0.3, 0.4) is 0 Å². The summed E-state index contributed by atoms with van der Waals surface area (Å²) in [6.07, 6.45) is 7.73. The minimum atomic E-state index is -3.88. The van der Waals surface area contributed by atoms with Crippen molar-refractivity contribution in [2.24, 2.45) is 23.7 Å². The van der Waals surface area contributed by atoms with Gasteiger partial charge in [-0.25, -0.2) is 13.2 Å². The molecule has 6 atom stereocenters. The van der Waals surface area contributed by atoms with Crippen LogP contribution in [-0.2, 0) is 42.0 Å². The quantitative estimate of drug-likeness (QED) is 0.156. The first kappa shape index (κ1) is 40.3. The Morgan fingerprint density at radius 2 is 1.67 bits per heavy atom. The highest BCUT2D eigenvalue weighted by molar-refractivity contribution is 7.91. The standard InChI is InChI=1S/C42H53N7O7S/c1-4-12-29-25-42(29,40(52)47-57(54,55)32-21-22-32)44-39(51)35-24-30(23-34(35)37(50)36(26(2)3)43-41(53)56-31-16-9-10-17-31)49-46-38(45-48-49)33-18-11-8-15-28(33)20-19-27-13-6-5-7-14-27/h4-8,11,13-15,18,26,29-32,34-36H,1,9-10,12,16-17,19-25H2,2-3H3,(H,43,53)(H,44,51)(H,47,52)/t29-,30+,34?,35-,36?,42+/m1/s1. The molecule has 2 aromatic carbocycles. The summed E-state index contributed by atoms with van der Waals surface area (Å²) in [5.74, 6) is -3.78. The van der Waals surface area contributed by atoms with Crippen LogP contribution in [0.2, 0.25) is 0 Å². The van der Waals surface area contributed by atoms with Gasteiger partial charge in [0.1, 0.15) is 11.6 Å². The number of rotatable bonds is 17. The van der Waals surface area contributed by atoms with Gasteiger partial charge in [-0.15, -0.1) is 16.8 Å². The lowest BCUT2D eigenvalue weighted by Gasteiger charge is -2.28. The summed E-state index contributed by atoms with van der Waals surface area (Å²) < 4.78 is 33.5. The first-order valence-corrected chi connectivity index (χ1v) is 21.8. The SMILES string of the molecule is C=CC[C@@H]1C[C@@]1(NC(=O)[C@@H]1C[C@@H](n2nnc(-c3ccccc3CCc3ccccc3)n2)CC1C(=O)C(NC(=O)OC1CCCC1)C(C)C)C(=O)NS(=O)(=O)C1CC1. The van der Waals surface area contributed by atoms with E-state index in [0.29, 0.717) is 25.1 Å². The first-order chi connectivity index (χ1) is 27.4. The lowest BCUT2D eigenvalue weighted by Crippen LogP contribution is -2.55. The van der Waals surface area contributed by atoms with E-state index in [-0.39, 0.29) is 43.0 Å². The molecule has 7 rings (SSSR count). The van der Waals surface area contributed by atoms with Gasteiger partial charge in [0.25, 0.3) is 5.91 Å². The molecule has 3 N–H and O–H groups in total. The van der Waals surface area contributed by atoms with E-state index in [2.05, 4.69) is 44.4 Å². The lowest BCUT2D eigenvalue weighted by atomic mass is 9.84. The summed E-state index contributed by atoms with van der Waals surface area (Å²) in [6.45, 7) is 7.43. The molecule has 0 aliphatic heterocycles. The molecule has 4 aliphatic rings. The number of benzene rings is 2. The van der Waals surface area contributed by atoms with Crippen molar-refractivity contribution >= 4 is 33.7 Å². The van der Waals surface area contributed by atoms with E-state index < -0.39 is 62.6 Å². The van der Waals surface area contributed by atoms with Gasteiger partial charge in [-0.2, -0.15) is 4.80 Å². The van der Waals surface area contributed by atoms with E-state index in [1.165, 1.54) is 10.4 Å². The smallest absolute Gasteiger partial charge is 0.408 e. The number of ketones is 1. The zero-order chi connectivity index (χ0) is 40.3. The molecule has 304 valence electrons. The second-order valence-electron chi connectivity index (χ2n) is 16.6. The number of nitrogens with zero attached hydrogens (tertiary/aromatic N) is 4. The van der Waals surface area contributed by atoms with Gasteiger partial charge in [-0.05, 0) is 105 Å². The molecule has 1 aromatic heterocycles. The molecule has 2 unspecified atom stereocenters. The molecule has 0 radical (unpaired) electrons. The van der Waals surface area contributed by atoms with Crippen LogP contribution in [0.15, 0.2) is 67.3 Å². The van der Waals surface area contributed by atoms with Gasteiger partial charge in [0.2, 0.25) is 21.8 Å². The van der Waals surface area contributed by atoms with Gasteiger partial charge < -0.3 is 15.4 Å². The second-order valence-corrected chi connectivity index (χ2v) is 18.5. The number of nitrogens with one attached hydrogen (secondary N) is 3. The van der Waals surface area contributed by atoms with E-state index in [9.17, 15) is 27.6 Å². The zero-order valence-electron chi connectivity index (χ0n) is 32.6. The number of Topliss-reactive ketones (excluding diaryl/α,β-unsaturated/α-hetero) is 1. The van der Waals surface area contributed by atoms with Gasteiger partial charge in [-0.1, -0.05) is 74.5 Å². The number of aromatic nitrogens is 4. The van der Waals surface area contributed by atoms with Crippen LogP contribution in [0.25, 0.3) is 11.4 Å². The van der Waals surface area contributed by atoms with Gasteiger partial charge in [0.05, 0.1) is 17.3 Å². The van der Waals surface area contributed by atoms with Gasteiger partial charge in [0.15, 0.2) is 5.78 Å². The highest BCUT2D eigenvalue weighted by Gasteiger charge is 2.62. The maximum absolute atomic E-state index is 14.6. The van der Waals surface area contributed by atoms with Crippen molar-refractivity contribution in [2.75, 3.05) is 0 Å². The minimum absolute atomic E-state index is 0.148. The largest absolute Gasteiger partial charge is 0.446 e. The van der Waals surface area contributed by atoms with Crippen molar-refractivity contribution in [2.45, 2.75) is 120 Å². The van der Waals surface area contributed by atoms with Crippen LogP contribution in [0.4, 0.5) is 4.79 Å². The number of carbonyl (C=O) groups excluding carboxylic acids is 4. The molecule has 1 heterocycles. The number of tetrazole rings is 1. The maximum Gasteiger partial charge on any atom is 0.408 e. The fourth-order valence-electron chi connectivity index (χ4n) is 8.58. The third-order valence-electron chi connectivity index (χ3n) is 12.1. The number of alkyl carbamates (subject to hydrolysis) is 1. The number of carbonyl (C=O) groups is 4. The highest BCUT2D eigenvalue weighted by Crippen LogP contribution is 2.48. The predicted molar refractivity (Wildman–Crippen MR) is 212 cm³/mol. The molecule has 4 fully saturated rings. The van der Waals surface area contributed by atoms with Crippen molar-refractivity contribution in [3.05, 3.63) is 78.4 Å². The van der Waals surface area contributed by atoms with Crippen LogP contribution < -0.4 is 15.4 Å². The van der Waals surface area contributed by atoms with E-state index in [1.54, 1.807) is 6.08 Å². The lowest BCUT2D eigenvalue weighted by molar-refractivity contribution is -0.136. The van der Waals surface area contributed by atoms with Crippen molar-refractivity contribution < 1.29 is 32.3 Å². The molecule has 0 spiro atoms. The number of aryl methyl sites for hydroxylation is 2. The maximum atomic E-state index is 14.6. The molecule has 3 amide bonds. The summed E-state index contributed by atoms with van der Waals surface area (Å²) in [5.41, 5.74) is 1.63. The summed E-state index contributed by atoms with van der Waals surface area (Å²) in [6, 6.07) is 16.6. The molecular weight excluding hydrogens is 747 g/mol. The minimum Gasteiger partial charge on any atom is -0.446 e. The average molecular weight is 800 g/mol. The fourth-order valence-corrected chi connectivity index (χ4v) is 9.95. The Morgan fingerprint density at radius 1 is 0.965 bits per heavy atom. The van der Waals surface area contributed by atoms with Crippen molar-refractivity contribution in [1.29, 1.82) is 0 Å². The predicted octanol–water partition coefficient (Wildman–Crippen LogP) is 5.01. The molecule has 14 nitrogen and oxygen atoms in total. The van der Waals surface area contributed by atoms with Crippen LogP contribution in [0.5, 0.6) is 0 Å². The van der Waals surface area contributed by atoms with Crippen molar-refractivity contribution in [1.82, 2.24) is 35.6 Å². The number of amides is 3. The van der Waals surface area contributed by atoms with Crippen LogP contribution in [0.1, 0.15) is 95.2 Å². The topological polar surface area (TPSA) is 191 Å². The van der Waals surface area contributed by atoms with E-state index in [1.807, 2.05) is 56.3 Å². The Hall–Kier alpha value is -4.92. The normalized spacial score (nSPS) is 25.1.